The highest BCUT2D eigenvalue weighted by molar-refractivity contribution is 6.99. The average molecular weight is 232 g/mol. The zero-order chi connectivity index (χ0) is 9.80. The van der Waals surface area contributed by atoms with E-state index in [0.29, 0.717) is 5.15 Å². The summed E-state index contributed by atoms with van der Waals surface area (Å²) < 4.78 is 8.24. The molecule has 1 aromatic rings. The molecular weight excluding hydrogens is 218 g/mol. The van der Waals surface area contributed by atoms with Crippen molar-refractivity contribution in [2.45, 2.75) is 32.1 Å². The second-order valence-electron chi connectivity index (χ2n) is 3.63. The summed E-state index contributed by atoms with van der Waals surface area (Å²) in [7, 11) is 0. The Morgan fingerprint density at radius 1 is 1.00 bits per heavy atom. The lowest BCUT2D eigenvalue weighted by Crippen LogP contribution is -2.27. The van der Waals surface area contributed by atoms with Crippen LogP contribution in [0.4, 0.5) is 5.82 Å². The van der Waals surface area contributed by atoms with Crippen molar-refractivity contribution < 1.29 is 0 Å². The molecule has 1 fully saturated rings. The second kappa shape index (κ2) is 4.94. The third kappa shape index (κ3) is 2.36. The minimum absolute atomic E-state index is 0.565. The van der Waals surface area contributed by atoms with Crippen LogP contribution in [-0.4, -0.2) is 21.8 Å². The van der Waals surface area contributed by atoms with Gasteiger partial charge in [-0.25, -0.2) is 0 Å². The van der Waals surface area contributed by atoms with Crippen LogP contribution in [0.3, 0.4) is 0 Å². The zero-order valence-electron chi connectivity index (χ0n) is 8.08. The van der Waals surface area contributed by atoms with Crippen LogP contribution in [0.15, 0.2) is 0 Å². The predicted molar refractivity (Wildman–Crippen MR) is 60.2 cm³/mol. The lowest BCUT2D eigenvalue weighted by molar-refractivity contribution is 0.554. The first-order chi connectivity index (χ1) is 6.88. The lowest BCUT2D eigenvalue weighted by Gasteiger charge is -2.24. The molecule has 1 saturated heterocycles. The second-order valence-corrected chi connectivity index (χ2v) is 4.52. The molecule has 1 aliphatic heterocycles. The van der Waals surface area contributed by atoms with Gasteiger partial charge in [0, 0.05) is 13.1 Å². The largest absolute Gasteiger partial charge is 0.353 e. The van der Waals surface area contributed by atoms with Gasteiger partial charge in [-0.05, 0) is 12.8 Å². The Bertz CT molecular complexity index is 281. The van der Waals surface area contributed by atoms with Crippen molar-refractivity contribution in [3.63, 3.8) is 0 Å². The molecule has 0 spiro atoms. The van der Waals surface area contributed by atoms with E-state index in [-0.39, 0.29) is 0 Å². The van der Waals surface area contributed by atoms with E-state index in [1.54, 1.807) is 0 Å². The first-order valence-electron chi connectivity index (χ1n) is 5.11. The molecule has 0 aromatic carbocycles. The fraction of sp³-hybridized carbons (Fsp3) is 0.778. The molecule has 3 nitrogen and oxygen atoms in total. The Kier molecular flexibility index (Phi) is 3.59. The first-order valence-corrected chi connectivity index (χ1v) is 6.22. The molecule has 0 N–H and O–H groups in total. The third-order valence-corrected chi connectivity index (χ3v) is 3.46. The molecule has 0 amide bonds. The average Bonchev–Trinajstić information content (AvgIpc) is 2.51. The highest BCUT2D eigenvalue weighted by atomic mass is 35.5. The molecule has 5 heteroatoms. The van der Waals surface area contributed by atoms with Gasteiger partial charge in [0.1, 0.15) is 0 Å². The highest BCUT2D eigenvalue weighted by Crippen LogP contribution is 2.24. The Labute approximate surface area is 93.4 Å². The number of aromatic nitrogens is 2. The Morgan fingerprint density at radius 2 is 1.64 bits per heavy atom. The van der Waals surface area contributed by atoms with Crippen molar-refractivity contribution in [2.75, 3.05) is 18.0 Å². The molecule has 78 valence electrons. The van der Waals surface area contributed by atoms with Crippen LogP contribution < -0.4 is 4.90 Å². The molecule has 2 heterocycles. The van der Waals surface area contributed by atoms with E-state index in [9.17, 15) is 0 Å². The highest BCUT2D eigenvalue weighted by Gasteiger charge is 2.15. The van der Waals surface area contributed by atoms with Gasteiger partial charge in [-0.15, -0.1) is 0 Å². The van der Waals surface area contributed by atoms with Crippen molar-refractivity contribution in [1.82, 2.24) is 8.75 Å². The Balaban J connectivity index is 2.04. The van der Waals surface area contributed by atoms with E-state index >= 15 is 0 Å². The monoisotopic (exact) mass is 231 g/mol. The van der Waals surface area contributed by atoms with Crippen LogP contribution in [0.2, 0.25) is 5.15 Å². The molecule has 0 saturated carbocycles. The summed E-state index contributed by atoms with van der Waals surface area (Å²) in [4.78, 5) is 2.27. The fourth-order valence-corrected chi connectivity index (χ4v) is 2.60. The molecule has 1 aromatic heterocycles. The number of hydrogen-bond acceptors (Lipinski definition) is 4. The van der Waals surface area contributed by atoms with E-state index in [2.05, 4.69) is 13.6 Å². The Hall–Kier alpha value is -0.350. The first kappa shape index (κ1) is 10.2. The molecule has 0 aliphatic carbocycles. The van der Waals surface area contributed by atoms with Crippen LogP contribution in [-0.2, 0) is 0 Å². The maximum Gasteiger partial charge on any atom is 0.187 e. The summed E-state index contributed by atoms with van der Waals surface area (Å²) in [5, 5.41) is 0.565. The quantitative estimate of drug-likeness (QED) is 0.744. The van der Waals surface area contributed by atoms with Crippen LogP contribution >= 0.6 is 23.3 Å². The lowest BCUT2D eigenvalue weighted by atomic mass is 10.1. The predicted octanol–water partition coefficient (Wildman–Crippen LogP) is 2.96. The molecule has 0 bridgehead atoms. The van der Waals surface area contributed by atoms with Gasteiger partial charge in [0.15, 0.2) is 11.0 Å². The maximum atomic E-state index is 5.96. The van der Waals surface area contributed by atoms with E-state index < -0.39 is 0 Å². The van der Waals surface area contributed by atoms with Gasteiger partial charge in [0.25, 0.3) is 0 Å². The summed E-state index contributed by atoms with van der Waals surface area (Å²) in [6.07, 6.45) is 6.51. The van der Waals surface area contributed by atoms with E-state index in [1.165, 1.54) is 43.8 Å². The van der Waals surface area contributed by atoms with Gasteiger partial charge in [-0.1, -0.05) is 30.9 Å². The van der Waals surface area contributed by atoms with Crippen molar-refractivity contribution >= 4 is 29.1 Å². The number of rotatable bonds is 1. The van der Waals surface area contributed by atoms with Crippen LogP contribution in [0.5, 0.6) is 0 Å². The number of hydrogen-bond donors (Lipinski definition) is 0. The molecule has 2 rings (SSSR count). The number of nitrogens with zero attached hydrogens (tertiary/aromatic N) is 3. The summed E-state index contributed by atoms with van der Waals surface area (Å²) >= 11 is 7.16. The summed E-state index contributed by atoms with van der Waals surface area (Å²) in [5.41, 5.74) is 0. The minimum atomic E-state index is 0.565. The molecule has 14 heavy (non-hydrogen) atoms. The smallest absolute Gasteiger partial charge is 0.187 e. The topological polar surface area (TPSA) is 29.0 Å². The van der Waals surface area contributed by atoms with E-state index in [1.807, 2.05) is 0 Å². The number of halogens is 1. The number of anilines is 1. The standard InChI is InChI=1S/C9H14ClN3S/c10-8-9(12-14-11-8)13-6-4-2-1-3-5-7-13/h1-7H2. The molecule has 0 atom stereocenters. The van der Waals surface area contributed by atoms with Gasteiger partial charge >= 0.3 is 0 Å². The van der Waals surface area contributed by atoms with Gasteiger partial charge in [0.2, 0.25) is 0 Å². The van der Waals surface area contributed by atoms with Crippen LogP contribution in [0, 0.1) is 0 Å². The van der Waals surface area contributed by atoms with Gasteiger partial charge in [0.05, 0.1) is 11.7 Å². The molecular formula is C9H14ClN3S. The maximum absolute atomic E-state index is 5.96. The Morgan fingerprint density at radius 3 is 2.21 bits per heavy atom. The van der Waals surface area contributed by atoms with E-state index in [4.69, 9.17) is 11.6 Å². The van der Waals surface area contributed by atoms with E-state index in [0.717, 1.165) is 18.9 Å². The third-order valence-electron chi connectivity index (χ3n) is 2.59. The zero-order valence-corrected chi connectivity index (χ0v) is 9.65. The fourth-order valence-electron chi connectivity index (χ4n) is 1.82. The summed E-state index contributed by atoms with van der Waals surface area (Å²) in [5.74, 6) is 0.888. The molecule has 0 radical (unpaired) electrons. The van der Waals surface area contributed by atoms with Crippen molar-refractivity contribution in [3.8, 4) is 0 Å². The van der Waals surface area contributed by atoms with Crippen LogP contribution in [0.1, 0.15) is 32.1 Å². The molecule has 0 unspecified atom stereocenters. The minimum Gasteiger partial charge on any atom is -0.353 e. The SMILES string of the molecule is Clc1nsnc1N1CCCCCCC1. The summed E-state index contributed by atoms with van der Waals surface area (Å²) in [6.45, 7) is 2.15. The van der Waals surface area contributed by atoms with Crippen molar-refractivity contribution in [3.05, 3.63) is 5.15 Å². The summed E-state index contributed by atoms with van der Waals surface area (Å²) in [6, 6.07) is 0. The van der Waals surface area contributed by atoms with Gasteiger partial charge in [-0.3, -0.25) is 0 Å². The normalized spacial score (nSPS) is 19.1. The van der Waals surface area contributed by atoms with Gasteiger partial charge in [-0.2, -0.15) is 8.75 Å². The van der Waals surface area contributed by atoms with Crippen molar-refractivity contribution in [2.24, 2.45) is 0 Å². The van der Waals surface area contributed by atoms with Crippen molar-refractivity contribution in [1.29, 1.82) is 0 Å². The van der Waals surface area contributed by atoms with Gasteiger partial charge < -0.3 is 4.90 Å². The molecule has 1 aliphatic rings. The van der Waals surface area contributed by atoms with Crippen LogP contribution in [0.25, 0.3) is 0 Å².